The fourth-order valence-electron chi connectivity index (χ4n) is 3.65. The number of aryl methyl sites for hydroxylation is 1. The first kappa shape index (κ1) is 18.1. The molecule has 28 heavy (non-hydrogen) atoms. The van der Waals surface area contributed by atoms with Gasteiger partial charge in [-0.15, -0.1) is 0 Å². The van der Waals surface area contributed by atoms with Gasteiger partial charge in [-0.2, -0.15) is 0 Å². The number of benzene rings is 1. The normalized spacial score (nSPS) is 12.6. The van der Waals surface area contributed by atoms with E-state index in [1.165, 1.54) is 0 Å². The van der Waals surface area contributed by atoms with Crippen molar-refractivity contribution in [1.82, 2.24) is 9.55 Å². The average molecular weight is 376 g/mol. The van der Waals surface area contributed by atoms with Crippen molar-refractivity contribution < 1.29 is 14.6 Å². The summed E-state index contributed by atoms with van der Waals surface area (Å²) in [6.45, 7) is 0.0693. The predicted octanol–water partition coefficient (Wildman–Crippen LogP) is 2.67. The van der Waals surface area contributed by atoms with Crippen molar-refractivity contribution in [3.8, 4) is 22.4 Å². The molecule has 0 saturated heterocycles. The highest BCUT2D eigenvalue weighted by atomic mass is 16.5. The molecule has 4 rings (SSSR count). The van der Waals surface area contributed by atoms with Crippen LogP contribution in [0.15, 0.2) is 59.7 Å². The quantitative estimate of drug-likeness (QED) is 0.708. The summed E-state index contributed by atoms with van der Waals surface area (Å²) in [5, 5.41) is 8.93. The van der Waals surface area contributed by atoms with E-state index in [9.17, 15) is 9.59 Å². The lowest BCUT2D eigenvalue weighted by molar-refractivity contribution is 0.0431. The number of nitrogens with zero attached hydrogens (tertiary/aromatic N) is 2. The molecule has 1 aliphatic heterocycles. The first-order chi connectivity index (χ1) is 13.7. The second kappa shape index (κ2) is 7.78. The number of rotatable bonds is 4. The van der Waals surface area contributed by atoms with Gasteiger partial charge in [-0.05, 0) is 36.1 Å². The summed E-state index contributed by atoms with van der Waals surface area (Å²) in [7, 11) is 0. The van der Waals surface area contributed by atoms with Crippen LogP contribution in [0.5, 0.6) is 0 Å². The number of hydrogen-bond acceptors (Lipinski definition) is 5. The van der Waals surface area contributed by atoms with E-state index in [0.29, 0.717) is 6.54 Å². The molecule has 0 amide bonds. The highest BCUT2D eigenvalue weighted by molar-refractivity contribution is 5.93. The molecule has 1 aromatic carbocycles. The number of fused-ring (bicyclic) bond motifs is 3. The third-order valence-corrected chi connectivity index (χ3v) is 4.91. The summed E-state index contributed by atoms with van der Waals surface area (Å²) in [6.07, 6.45) is 5.16. The average Bonchev–Trinajstić information content (AvgIpc) is 2.93. The molecule has 0 unspecified atom stereocenters. The van der Waals surface area contributed by atoms with E-state index >= 15 is 0 Å². The van der Waals surface area contributed by atoms with Crippen molar-refractivity contribution in [3.05, 3.63) is 76.3 Å². The van der Waals surface area contributed by atoms with Gasteiger partial charge in [0.1, 0.15) is 12.2 Å². The largest absolute Gasteiger partial charge is 0.460 e. The van der Waals surface area contributed by atoms with E-state index in [1.807, 2.05) is 36.4 Å². The fourth-order valence-corrected chi connectivity index (χ4v) is 3.65. The maximum atomic E-state index is 13.1. The van der Waals surface area contributed by atoms with Gasteiger partial charge in [0.2, 0.25) is 0 Å². The summed E-state index contributed by atoms with van der Waals surface area (Å²) in [6, 6.07) is 13.2. The molecule has 1 N–H and O–H groups in total. The van der Waals surface area contributed by atoms with Crippen LogP contribution in [0.3, 0.4) is 0 Å². The molecule has 0 radical (unpaired) electrons. The third-order valence-electron chi connectivity index (χ3n) is 4.91. The molecule has 3 aromatic rings. The van der Waals surface area contributed by atoms with Crippen molar-refractivity contribution >= 4 is 5.97 Å². The van der Waals surface area contributed by atoms with Gasteiger partial charge in [0.15, 0.2) is 0 Å². The van der Waals surface area contributed by atoms with Gasteiger partial charge >= 0.3 is 5.97 Å². The first-order valence-corrected chi connectivity index (χ1v) is 9.25. The zero-order valence-corrected chi connectivity index (χ0v) is 15.3. The highest BCUT2D eigenvalue weighted by Gasteiger charge is 2.25. The molecule has 6 nitrogen and oxygen atoms in total. The topological polar surface area (TPSA) is 81.4 Å². The van der Waals surface area contributed by atoms with Crippen LogP contribution in [0.25, 0.3) is 22.4 Å². The Bertz CT molecular complexity index is 1070. The molecule has 0 atom stereocenters. The minimum atomic E-state index is -0.720. The summed E-state index contributed by atoms with van der Waals surface area (Å²) < 4.78 is 6.68. The van der Waals surface area contributed by atoms with E-state index in [1.54, 1.807) is 23.0 Å². The van der Waals surface area contributed by atoms with E-state index < -0.39 is 5.97 Å². The Morgan fingerprint density at radius 3 is 2.79 bits per heavy atom. The van der Waals surface area contributed by atoms with Crippen molar-refractivity contribution in [2.45, 2.75) is 19.4 Å². The third kappa shape index (κ3) is 3.23. The van der Waals surface area contributed by atoms with Crippen LogP contribution in [0.4, 0.5) is 0 Å². The van der Waals surface area contributed by atoms with Gasteiger partial charge in [-0.3, -0.25) is 9.78 Å². The van der Waals surface area contributed by atoms with Crippen LogP contribution >= 0.6 is 0 Å². The predicted molar refractivity (Wildman–Crippen MR) is 105 cm³/mol. The van der Waals surface area contributed by atoms with Crippen LogP contribution in [0.2, 0.25) is 0 Å². The zero-order chi connectivity index (χ0) is 19.5. The number of esters is 1. The molecule has 1 aliphatic rings. The minimum absolute atomic E-state index is 0.0246. The van der Waals surface area contributed by atoms with Gasteiger partial charge in [0.25, 0.3) is 5.56 Å². The standard InChI is InChI=1S/C22H20N2O4/c25-11-12-28-22(27)18-13-17(15-5-2-1-3-6-15)20-19-14-23-9-8-16(19)7-4-10-24(20)21(18)26/h1-3,5-6,8-9,13-14,25H,4,7,10-12H2. The van der Waals surface area contributed by atoms with Crippen molar-refractivity contribution in [1.29, 1.82) is 0 Å². The molecule has 2 aromatic heterocycles. The number of hydrogen-bond donors (Lipinski definition) is 1. The Morgan fingerprint density at radius 2 is 2.00 bits per heavy atom. The first-order valence-electron chi connectivity index (χ1n) is 9.25. The van der Waals surface area contributed by atoms with E-state index in [2.05, 4.69) is 4.98 Å². The number of carbonyl (C=O) groups excluding carboxylic acids is 1. The Balaban J connectivity index is 2.01. The molecular formula is C22H20N2O4. The monoisotopic (exact) mass is 376 g/mol. The summed E-state index contributed by atoms with van der Waals surface area (Å²) in [5.74, 6) is -0.720. The SMILES string of the molecule is O=C(OCCO)c1cc(-c2ccccc2)c2n(c1=O)CCCc1ccncc1-2. The Kier molecular flexibility index (Phi) is 5.04. The number of aliphatic hydroxyl groups is 1. The summed E-state index contributed by atoms with van der Waals surface area (Å²) >= 11 is 0. The molecule has 0 saturated carbocycles. The van der Waals surface area contributed by atoms with Crippen LogP contribution in [0, 0.1) is 0 Å². The van der Waals surface area contributed by atoms with E-state index in [4.69, 9.17) is 9.84 Å². The molecule has 142 valence electrons. The number of aliphatic hydroxyl groups excluding tert-OH is 1. The summed E-state index contributed by atoms with van der Waals surface area (Å²) in [4.78, 5) is 29.9. The lowest BCUT2D eigenvalue weighted by Crippen LogP contribution is -2.29. The molecular weight excluding hydrogens is 356 g/mol. The second-order valence-corrected chi connectivity index (χ2v) is 6.64. The molecule has 0 spiro atoms. The van der Waals surface area contributed by atoms with E-state index in [0.717, 1.165) is 40.8 Å². The molecule has 0 aliphatic carbocycles. The van der Waals surface area contributed by atoms with Crippen molar-refractivity contribution in [2.24, 2.45) is 0 Å². The maximum absolute atomic E-state index is 13.1. The van der Waals surface area contributed by atoms with Gasteiger partial charge in [-0.1, -0.05) is 30.3 Å². The second-order valence-electron chi connectivity index (χ2n) is 6.64. The van der Waals surface area contributed by atoms with Crippen LogP contribution < -0.4 is 5.56 Å². The van der Waals surface area contributed by atoms with Crippen molar-refractivity contribution in [2.75, 3.05) is 13.2 Å². The Labute approximate surface area is 162 Å². The number of pyridine rings is 2. The van der Waals surface area contributed by atoms with E-state index in [-0.39, 0.29) is 24.3 Å². The lowest BCUT2D eigenvalue weighted by Gasteiger charge is -2.18. The zero-order valence-electron chi connectivity index (χ0n) is 15.3. The van der Waals surface area contributed by atoms with Gasteiger partial charge in [0.05, 0.1) is 12.3 Å². The fraction of sp³-hybridized carbons (Fsp3) is 0.227. The maximum Gasteiger partial charge on any atom is 0.343 e. The van der Waals surface area contributed by atoms with Crippen molar-refractivity contribution in [3.63, 3.8) is 0 Å². The van der Waals surface area contributed by atoms with Gasteiger partial charge < -0.3 is 14.4 Å². The number of ether oxygens (including phenoxy) is 1. The molecule has 3 heterocycles. The Hall–Kier alpha value is -3.25. The van der Waals surface area contributed by atoms with Crippen LogP contribution in [0.1, 0.15) is 22.3 Å². The van der Waals surface area contributed by atoms with Crippen LogP contribution in [-0.4, -0.2) is 33.8 Å². The van der Waals surface area contributed by atoms with Gasteiger partial charge in [-0.25, -0.2) is 4.79 Å². The molecule has 0 fully saturated rings. The lowest BCUT2D eigenvalue weighted by atomic mass is 9.95. The highest BCUT2D eigenvalue weighted by Crippen LogP contribution is 2.35. The minimum Gasteiger partial charge on any atom is -0.460 e. The number of carbonyl (C=O) groups is 1. The summed E-state index contributed by atoms with van der Waals surface area (Å²) in [5.41, 5.74) is 4.10. The number of aromatic nitrogens is 2. The Morgan fingerprint density at radius 1 is 1.18 bits per heavy atom. The molecule has 6 heteroatoms. The molecule has 0 bridgehead atoms. The van der Waals surface area contributed by atoms with Gasteiger partial charge in [0, 0.05) is 30.1 Å². The smallest absolute Gasteiger partial charge is 0.343 e. The van der Waals surface area contributed by atoms with Crippen LogP contribution in [-0.2, 0) is 17.7 Å².